The summed E-state index contributed by atoms with van der Waals surface area (Å²) in [6, 6.07) is 2.15. The number of rotatable bonds is 3. The van der Waals surface area contributed by atoms with E-state index in [1.54, 1.807) is 6.92 Å². The molecule has 96 valence electrons. The van der Waals surface area contributed by atoms with Gasteiger partial charge in [-0.1, -0.05) is 25.7 Å². The van der Waals surface area contributed by atoms with Crippen LogP contribution in [0.5, 0.6) is 0 Å². The first-order chi connectivity index (χ1) is 8.27. The van der Waals surface area contributed by atoms with E-state index in [9.17, 15) is 9.90 Å². The van der Waals surface area contributed by atoms with E-state index in [-0.39, 0.29) is 5.92 Å². The lowest BCUT2D eigenvalue weighted by Crippen LogP contribution is -2.42. The third-order valence-corrected chi connectivity index (χ3v) is 3.32. The number of hydrogen-bond acceptors (Lipinski definition) is 3. The normalized spacial score (nSPS) is 20.3. The lowest BCUT2D eigenvalue weighted by atomic mass is 9.77. The van der Waals surface area contributed by atoms with Crippen LogP contribution in [0.2, 0.25) is 0 Å². The monoisotopic (exact) mass is 247 g/mol. The fourth-order valence-electron chi connectivity index (χ4n) is 1.93. The number of allylic oxidation sites excluding steroid dienone is 1. The molecule has 0 aromatic heterocycles. The molecule has 1 atom stereocenters. The summed E-state index contributed by atoms with van der Waals surface area (Å²) in [5.74, 6) is 4.09. The van der Waals surface area contributed by atoms with Crippen molar-refractivity contribution in [2.45, 2.75) is 39.2 Å². The Morgan fingerprint density at radius 2 is 2.06 bits per heavy atom. The Bertz CT molecular complexity index is 483. The molecule has 0 aliphatic heterocycles. The van der Waals surface area contributed by atoms with Crippen molar-refractivity contribution in [3.63, 3.8) is 0 Å². The Kier molecular flexibility index (Phi) is 3.84. The summed E-state index contributed by atoms with van der Waals surface area (Å²) in [6.07, 6.45) is 2.25. The smallest absolute Gasteiger partial charge is 0.329 e. The third kappa shape index (κ3) is 2.55. The number of nitrogens with zero attached hydrogens (tertiary/aromatic N) is 1. The number of carboxylic acids is 1. The first-order valence-corrected chi connectivity index (χ1v) is 5.85. The van der Waals surface area contributed by atoms with E-state index >= 15 is 0 Å². The van der Waals surface area contributed by atoms with E-state index in [1.807, 2.05) is 13.8 Å². The van der Waals surface area contributed by atoms with Crippen LogP contribution in [-0.4, -0.2) is 21.8 Å². The predicted molar refractivity (Wildman–Crippen MR) is 66.2 cm³/mol. The third-order valence-electron chi connectivity index (χ3n) is 3.32. The second-order valence-corrected chi connectivity index (χ2v) is 5.03. The molecule has 0 amide bonds. The Balaban J connectivity index is 3.08. The van der Waals surface area contributed by atoms with Gasteiger partial charge >= 0.3 is 5.97 Å². The van der Waals surface area contributed by atoms with Crippen LogP contribution in [0.15, 0.2) is 11.6 Å². The number of carbonyl (C=O) groups is 1. The fraction of sp³-hybridized carbons (Fsp3) is 0.571. The van der Waals surface area contributed by atoms with Crippen LogP contribution in [0, 0.1) is 34.5 Å². The number of aliphatic hydroxyl groups is 1. The molecule has 0 unspecified atom stereocenters. The maximum atomic E-state index is 10.6. The van der Waals surface area contributed by atoms with E-state index < -0.39 is 17.0 Å². The number of carboxylic acid groups (broad SMARTS) is 1. The van der Waals surface area contributed by atoms with Gasteiger partial charge in [-0.15, -0.1) is 0 Å². The largest absolute Gasteiger partial charge is 0.478 e. The minimum atomic E-state index is -1.38. The molecule has 0 bridgehead atoms. The summed E-state index contributed by atoms with van der Waals surface area (Å²) >= 11 is 0. The Hall–Kier alpha value is -1.78. The topological polar surface area (TPSA) is 81.3 Å². The zero-order valence-corrected chi connectivity index (χ0v) is 10.8. The Labute approximate surface area is 107 Å². The van der Waals surface area contributed by atoms with Gasteiger partial charge in [0.15, 0.2) is 0 Å². The van der Waals surface area contributed by atoms with Gasteiger partial charge < -0.3 is 10.2 Å². The van der Waals surface area contributed by atoms with Crippen LogP contribution in [0.25, 0.3) is 0 Å². The van der Waals surface area contributed by atoms with Crippen molar-refractivity contribution in [2.75, 3.05) is 0 Å². The highest BCUT2D eigenvalue weighted by Crippen LogP contribution is 2.56. The summed E-state index contributed by atoms with van der Waals surface area (Å²) in [6.45, 7) is 5.18. The Morgan fingerprint density at radius 3 is 2.39 bits per heavy atom. The van der Waals surface area contributed by atoms with Crippen LogP contribution >= 0.6 is 0 Å². The fourth-order valence-corrected chi connectivity index (χ4v) is 1.93. The molecule has 1 rings (SSSR count). The molecule has 4 nitrogen and oxygen atoms in total. The van der Waals surface area contributed by atoms with Gasteiger partial charge in [0.05, 0.1) is 11.5 Å². The molecule has 0 radical (unpaired) electrons. The van der Waals surface area contributed by atoms with Crippen LogP contribution in [-0.2, 0) is 4.79 Å². The molecular weight excluding hydrogens is 230 g/mol. The zero-order chi connectivity index (χ0) is 14.0. The molecule has 0 aromatic carbocycles. The maximum absolute atomic E-state index is 10.6. The van der Waals surface area contributed by atoms with Gasteiger partial charge in [-0.05, 0) is 25.7 Å². The van der Waals surface area contributed by atoms with E-state index in [2.05, 4.69) is 17.9 Å². The minimum Gasteiger partial charge on any atom is -0.478 e. The van der Waals surface area contributed by atoms with Gasteiger partial charge in [-0.25, -0.2) is 4.79 Å². The van der Waals surface area contributed by atoms with Gasteiger partial charge in [0.1, 0.15) is 5.60 Å². The van der Waals surface area contributed by atoms with Crippen LogP contribution in [0.3, 0.4) is 0 Å². The molecule has 1 aliphatic carbocycles. The van der Waals surface area contributed by atoms with E-state index in [0.29, 0.717) is 18.4 Å². The van der Waals surface area contributed by atoms with E-state index in [0.717, 1.165) is 6.08 Å². The average molecular weight is 247 g/mol. The summed E-state index contributed by atoms with van der Waals surface area (Å²) in [5.41, 5.74) is -1.82. The van der Waals surface area contributed by atoms with Crippen molar-refractivity contribution in [2.24, 2.45) is 11.3 Å². The quantitative estimate of drug-likeness (QED) is 0.587. The molecule has 1 saturated carbocycles. The molecule has 0 spiro atoms. The van der Waals surface area contributed by atoms with Crippen molar-refractivity contribution >= 4 is 5.97 Å². The predicted octanol–water partition coefficient (Wildman–Crippen LogP) is 1.71. The maximum Gasteiger partial charge on any atom is 0.329 e. The van der Waals surface area contributed by atoms with Crippen LogP contribution in [0.1, 0.15) is 33.6 Å². The van der Waals surface area contributed by atoms with Gasteiger partial charge in [0, 0.05) is 11.6 Å². The molecule has 1 aliphatic rings. The average Bonchev–Trinajstić information content (AvgIpc) is 3.05. The summed E-state index contributed by atoms with van der Waals surface area (Å²) in [4.78, 5) is 10.5. The first kappa shape index (κ1) is 14.3. The van der Waals surface area contributed by atoms with Gasteiger partial charge in [0.25, 0.3) is 0 Å². The molecule has 2 N–H and O–H groups in total. The minimum absolute atomic E-state index is 0.190. The van der Waals surface area contributed by atoms with Crippen LogP contribution in [0.4, 0.5) is 0 Å². The van der Waals surface area contributed by atoms with Crippen molar-refractivity contribution in [3.8, 4) is 17.9 Å². The molecule has 4 heteroatoms. The van der Waals surface area contributed by atoms with Crippen molar-refractivity contribution in [3.05, 3.63) is 11.6 Å². The van der Waals surface area contributed by atoms with E-state index in [1.165, 1.54) is 0 Å². The highest BCUT2D eigenvalue weighted by atomic mass is 16.4. The zero-order valence-electron chi connectivity index (χ0n) is 10.8. The summed E-state index contributed by atoms with van der Waals surface area (Å²) in [7, 11) is 0. The standard InChI is InChI=1S/C14H17NO3/c1-10(2)14(18,13(9-15)6-7-13)5-4-11(3)8-12(16)17/h8,10,18H,6-7H2,1-3H3,(H,16,17)/b11-8-/t14-/m0/s1. The SMILES string of the molecule is C/C(C#C[C@](O)(C(C)C)C1(C#N)CC1)=C/C(=O)O. The molecule has 18 heavy (non-hydrogen) atoms. The number of aliphatic carboxylic acids is 1. The lowest BCUT2D eigenvalue weighted by Gasteiger charge is -2.31. The van der Waals surface area contributed by atoms with Crippen LogP contribution < -0.4 is 0 Å². The molecule has 0 heterocycles. The van der Waals surface area contributed by atoms with Crippen molar-refractivity contribution < 1.29 is 15.0 Å². The van der Waals surface area contributed by atoms with Gasteiger partial charge in [-0.3, -0.25) is 0 Å². The first-order valence-electron chi connectivity index (χ1n) is 5.85. The summed E-state index contributed by atoms with van der Waals surface area (Å²) < 4.78 is 0. The van der Waals surface area contributed by atoms with Crippen molar-refractivity contribution in [1.82, 2.24) is 0 Å². The number of hydrogen-bond donors (Lipinski definition) is 2. The number of nitriles is 1. The highest BCUT2D eigenvalue weighted by Gasteiger charge is 2.60. The molecule has 0 saturated heterocycles. The highest BCUT2D eigenvalue weighted by molar-refractivity contribution is 5.81. The molecular formula is C14H17NO3. The molecule has 1 fully saturated rings. The Morgan fingerprint density at radius 1 is 1.50 bits per heavy atom. The van der Waals surface area contributed by atoms with Gasteiger partial charge in [-0.2, -0.15) is 5.26 Å². The second kappa shape index (κ2) is 4.84. The molecule has 0 aromatic rings. The van der Waals surface area contributed by atoms with Gasteiger partial charge in [0.2, 0.25) is 0 Å². The summed E-state index contributed by atoms with van der Waals surface area (Å²) in [5, 5.41) is 28.3. The van der Waals surface area contributed by atoms with E-state index in [4.69, 9.17) is 10.4 Å². The lowest BCUT2D eigenvalue weighted by molar-refractivity contribution is -0.131. The second-order valence-electron chi connectivity index (χ2n) is 5.03. The van der Waals surface area contributed by atoms with Crippen molar-refractivity contribution in [1.29, 1.82) is 5.26 Å².